The molecule has 2 unspecified atom stereocenters. The zero-order valence-corrected chi connectivity index (χ0v) is 10.6. The predicted octanol–water partition coefficient (Wildman–Crippen LogP) is -1.81. The lowest BCUT2D eigenvalue weighted by atomic mass is 10.00. The molecule has 92 valence electrons. The van der Waals surface area contributed by atoms with Gasteiger partial charge in [0.15, 0.2) is 0 Å². The van der Waals surface area contributed by atoms with Crippen molar-refractivity contribution in [3.05, 3.63) is 0 Å². The summed E-state index contributed by atoms with van der Waals surface area (Å²) in [5.41, 5.74) is 0. The highest BCUT2D eigenvalue weighted by Crippen LogP contribution is 1.98. The molecular formula is C10H27N5. The normalized spacial score (nSPS) is 17.4. The SMILES string of the molecule is CNCC(NC)C(NC)C(CNC)NC. The summed E-state index contributed by atoms with van der Waals surface area (Å²) in [4.78, 5) is 0. The molecule has 0 rings (SSSR count). The summed E-state index contributed by atoms with van der Waals surface area (Å²) in [5.74, 6) is 0. The van der Waals surface area contributed by atoms with E-state index in [1.165, 1.54) is 0 Å². The Morgan fingerprint density at radius 2 is 1.07 bits per heavy atom. The van der Waals surface area contributed by atoms with E-state index in [1.807, 2.05) is 35.2 Å². The molecule has 0 saturated heterocycles. The third-order valence-corrected chi connectivity index (χ3v) is 2.79. The minimum Gasteiger partial charge on any atom is -0.318 e. The van der Waals surface area contributed by atoms with E-state index in [9.17, 15) is 0 Å². The van der Waals surface area contributed by atoms with Crippen LogP contribution in [0.2, 0.25) is 0 Å². The molecule has 2 atom stereocenters. The smallest absolute Gasteiger partial charge is 0.0398 e. The first-order chi connectivity index (χ1) is 7.24. The molecule has 0 aliphatic carbocycles. The van der Waals surface area contributed by atoms with E-state index in [4.69, 9.17) is 0 Å². The maximum absolute atomic E-state index is 3.37. The summed E-state index contributed by atoms with van der Waals surface area (Å²) in [6.07, 6.45) is 0. The molecule has 5 heteroatoms. The van der Waals surface area contributed by atoms with Gasteiger partial charge in [0.25, 0.3) is 0 Å². The Hall–Kier alpha value is -0.200. The van der Waals surface area contributed by atoms with Gasteiger partial charge in [-0.2, -0.15) is 0 Å². The zero-order valence-electron chi connectivity index (χ0n) is 10.6. The molecule has 0 saturated carbocycles. The molecule has 0 aromatic heterocycles. The van der Waals surface area contributed by atoms with Crippen LogP contribution in [0.5, 0.6) is 0 Å². The van der Waals surface area contributed by atoms with Crippen molar-refractivity contribution in [2.45, 2.75) is 18.1 Å². The Bertz CT molecular complexity index is 128. The number of hydrogen-bond donors (Lipinski definition) is 5. The fourth-order valence-electron chi connectivity index (χ4n) is 1.94. The summed E-state index contributed by atoms with van der Waals surface area (Å²) in [5, 5.41) is 16.4. The van der Waals surface area contributed by atoms with E-state index in [2.05, 4.69) is 26.6 Å². The van der Waals surface area contributed by atoms with Crippen molar-refractivity contribution in [1.82, 2.24) is 26.6 Å². The third-order valence-electron chi connectivity index (χ3n) is 2.79. The summed E-state index contributed by atoms with van der Waals surface area (Å²) >= 11 is 0. The van der Waals surface area contributed by atoms with Gasteiger partial charge in [0, 0.05) is 31.2 Å². The van der Waals surface area contributed by atoms with Crippen molar-refractivity contribution in [2.75, 3.05) is 48.3 Å². The van der Waals surface area contributed by atoms with E-state index in [1.54, 1.807) is 0 Å². The van der Waals surface area contributed by atoms with Crippen molar-refractivity contribution in [2.24, 2.45) is 0 Å². The number of hydrogen-bond acceptors (Lipinski definition) is 5. The van der Waals surface area contributed by atoms with Crippen LogP contribution in [-0.2, 0) is 0 Å². The largest absolute Gasteiger partial charge is 0.318 e. The molecule has 0 spiro atoms. The number of rotatable bonds is 9. The van der Waals surface area contributed by atoms with Crippen LogP contribution < -0.4 is 26.6 Å². The van der Waals surface area contributed by atoms with Crippen LogP contribution in [0.15, 0.2) is 0 Å². The second kappa shape index (κ2) is 9.06. The first kappa shape index (κ1) is 14.8. The third kappa shape index (κ3) is 4.90. The van der Waals surface area contributed by atoms with Crippen molar-refractivity contribution < 1.29 is 0 Å². The maximum atomic E-state index is 3.37. The Labute approximate surface area is 93.8 Å². The van der Waals surface area contributed by atoms with Gasteiger partial charge in [-0.05, 0) is 35.2 Å². The highest BCUT2D eigenvalue weighted by molar-refractivity contribution is 4.91. The van der Waals surface area contributed by atoms with Crippen LogP contribution in [0.4, 0.5) is 0 Å². The second-order valence-electron chi connectivity index (χ2n) is 3.72. The van der Waals surface area contributed by atoms with Crippen LogP contribution in [0, 0.1) is 0 Å². The molecule has 0 aromatic rings. The van der Waals surface area contributed by atoms with Crippen molar-refractivity contribution >= 4 is 0 Å². The molecule has 15 heavy (non-hydrogen) atoms. The van der Waals surface area contributed by atoms with Gasteiger partial charge in [0.05, 0.1) is 0 Å². The molecule has 0 aromatic carbocycles. The lowest BCUT2D eigenvalue weighted by molar-refractivity contribution is 0.314. The van der Waals surface area contributed by atoms with Crippen molar-refractivity contribution in [3.63, 3.8) is 0 Å². The molecule has 0 radical (unpaired) electrons. The highest BCUT2D eigenvalue weighted by atomic mass is 15.1. The summed E-state index contributed by atoms with van der Waals surface area (Å²) < 4.78 is 0. The Balaban J connectivity index is 4.37. The lowest BCUT2D eigenvalue weighted by Gasteiger charge is -2.33. The van der Waals surface area contributed by atoms with E-state index < -0.39 is 0 Å². The molecule has 5 N–H and O–H groups in total. The standard InChI is InChI=1S/C10H27N5/c1-11-6-8(13-3)10(15-5)9(14-4)7-12-2/h8-15H,6-7H2,1-5H3. The average Bonchev–Trinajstić information content (AvgIpc) is 2.27. The van der Waals surface area contributed by atoms with Crippen LogP contribution in [-0.4, -0.2) is 66.5 Å². The van der Waals surface area contributed by atoms with E-state index in [0.717, 1.165) is 13.1 Å². The van der Waals surface area contributed by atoms with Gasteiger partial charge in [0.1, 0.15) is 0 Å². The van der Waals surface area contributed by atoms with Gasteiger partial charge in [0.2, 0.25) is 0 Å². The predicted molar refractivity (Wildman–Crippen MR) is 66.4 cm³/mol. The quantitative estimate of drug-likeness (QED) is 0.315. The van der Waals surface area contributed by atoms with E-state index in [0.29, 0.717) is 18.1 Å². The van der Waals surface area contributed by atoms with E-state index in [-0.39, 0.29) is 0 Å². The summed E-state index contributed by atoms with van der Waals surface area (Å²) in [6, 6.07) is 1.21. The van der Waals surface area contributed by atoms with Gasteiger partial charge in [-0.15, -0.1) is 0 Å². The Morgan fingerprint density at radius 3 is 1.27 bits per heavy atom. The monoisotopic (exact) mass is 217 g/mol. The van der Waals surface area contributed by atoms with Gasteiger partial charge in [-0.3, -0.25) is 0 Å². The van der Waals surface area contributed by atoms with Crippen LogP contribution in [0.25, 0.3) is 0 Å². The molecule has 0 heterocycles. The average molecular weight is 217 g/mol. The number of nitrogens with one attached hydrogen (secondary N) is 5. The molecule has 0 amide bonds. The van der Waals surface area contributed by atoms with Gasteiger partial charge in [-0.25, -0.2) is 0 Å². The minimum absolute atomic E-state index is 0.389. The highest BCUT2D eigenvalue weighted by Gasteiger charge is 2.25. The van der Waals surface area contributed by atoms with E-state index >= 15 is 0 Å². The molecule has 0 aliphatic rings. The van der Waals surface area contributed by atoms with Gasteiger partial charge >= 0.3 is 0 Å². The Morgan fingerprint density at radius 1 is 0.667 bits per heavy atom. The number of likely N-dealkylation sites (N-methyl/N-ethyl adjacent to an activating group) is 5. The molecule has 0 aliphatic heterocycles. The van der Waals surface area contributed by atoms with Crippen molar-refractivity contribution in [1.29, 1.82) is 0 Å². The first-order valence-electron chi connectivity index (χ1n) is 5.56. The van der Waals surface area contributed by atoms with Gasteiger partial charge in [-0.1, -0.05) is 0 Å². The topological polar surface area (TPSA) is 60.1 Å². The van der Waals surface area contributed by atoms with Crippen LogP contribution in [0.1, 0.15) is 0 Å². The zero-order chi connectivity index (χ0) is 11.7. The molecule has 0 fully saturated rings. The fraction of sp³-hybridized carbons (Fsp3) is 1.00. The van der Waals surface area contributed by atoms with Crippen LogP contribution >= 0.6 is 0 Å². The fourth-order valence-corrected chi connectivity index (χ4v) is 1.94. The lowest BCUT2D eigenvalue weighted by Crippen LogP contribution is -2.61. The summed E-state index contributed by atoms with van der Waals surface area (Å²) in [7, 11) is 9.95. The second-order valence-corrected chi connectivity index (χ2v) is 3.72. The molecular weight excluding hydrogens is 190 g/mol. The minimum atomic E-state index is 0.389. The molecule has 5 nitrogen and oxygen atoms in total. The maximum Gasteiger partial charge on any atom is 0.0398 e. The molecule has 0 bridgehead atoms. The van der Waals surface area contributed by atoms with Crippen molar-refractivity contribution in [3.8, 4) is 0 Å². The summed E-state index contributed by atoms with van der Waals surface area (Å²) in [6.45, 7) is 1.90. The Kier molecular flexibility index (Phi) is 8.94. The first-order valence-corrected chi connectivity index (χ1v) is 5.56. The van der Waals surface area contributed by atoms with Crippen LogP contribution in [0.3, 0.4) is 0 Å². The van der Waals surface area contributed by atoms with Gasteiger partial charge < -0.3 is 26.6 Å².